The van der Waals surface area contributed by atoms with E-state index in [-0.39, 0.29) is 0 Å². The van der Waals surface area contributed by atoms with E-state index in [0.717, 1.165) is 5.75 Å². The predicted octanol–water partition coefficient (Wildman–Crippen LogP) is 2.81. The van der Waals surface area contributed by atoms with Gasteiger partial charge in [0.15, 0.2) is 0 Å². The van der Waals surface area contributed by atoms with Crippen molar-refractivity contribution < 1.29 is 0 Å². The van der Waals surface area contributed by atoms with Crippen LogP contribution in [0.25, 0.3) is 0 Å². The minimum absolute atomic E-state index is 0.352. The first-order chi connectivity index (χ1) is 5.86. The molecule has 0 aliphatic carbocycles. The molecule has 0 saturated carbocycles. The first-order valence-electron chi connectivity index (χ1n) is 4.06. The van der Waals surface area contributed by atoms with Gasteiger partial charge < -0.3 is 0 Å². The van der Waals surface area contributed by atoms with Crippen molar-refractivity contribution in [1.29, 1.82) is 0 Å². The summed E-state index contributed by atoms with van der Waals surface area (Å²) in [7, 11) is 0. The molecule has 0 saturated heterocycles. The van der Waals surface area contributed by atoms with Crippen molar-refractivity contribution in [3.05, 3.63) is 35.4 Å². The normalized spacial score (nSPS) is 21.6. The third-order valence-corrected chi connectivity index (χ3v) is 2.95. The summed E-state index contributed by atoms with van der Waals surface area (Å²) >= 11 is 1.88. The van der Waals surface area contributed by atoms with Gasteiger partial charge in [0.25, 0.3) is 0 Å². The third-order valence-electron chi connectivity index (χ3n) is 1.90. The maximum atomic E-state index is 4.38. The number of nitrogens with zero attached hydrogens (tertiary/aromatic N) is 1. The SMILES string of the molecule is Cc1cccc([C@H]2N=CCS2)c1. The number of aliphatic imine (C=N–C) groups is 1. The second-order valence-electron chi connectivity index (χ2n) is 2.93. The molecule has 0 bridgehead atoms. The van der Waals surface area contributed by atoms with Gasteiger partial charge in [0.1, 0.15) is 5.37 Å². The Hall–Kier alpha value is -0.760. The molecule has 2 heteroatoms. The average molecular weight is 177 g/mol. The fourth-order valence-corrected chi connectivity index (χ4v) is 2.19. The molecule has 0 amide bonds. The van der Waals surface area contributed by atoms with Gasteiger partial charge in [-0.25, -0.2) is 0 Å². The molecule has 0 radical (unpaired) electrons. The van der Waals surface area contributed by atoms with Crippen LogP contribution in [-0.2, 0) is 0 Å². The summed E-state index contributed by atoms with van der Waals surface area (Å²) in [5.41, 5.74) is 2.64. The summed E-state index contributed by atoms with van der Waals surface area (Å²) in [6.45, 7) is 2.12. The first-order valence-corrected chi connectivity index (χ1v) is 5.11. The number of benzene rings is 1. The van der Waals surface area contributed by atoms with Crippen molar-refractivity contribution in [3.63, 3.8) is 0 Å². The Morgan fingerprint density at radius 1 is 1.50 bits per heavy atom. The number of thioether (sulfide) groups is 1. The van der Waals surface area contributed by atoms with Crippen LogP contribution in [0, 0.1) is 6.92 Å². The molecule has 0 spiro atoms. The fraction of sp³-hybridized carbons (Fsp3) is 0.300. The number of hydrogen-bond donors (Lipinski definition) is 0. The standard InChI is InChI=1S/C10H11NS/c1-8-3-2-4-9(7-8)10-11-5-6-12-10/h2-5,7,10H,6H2,1H3/t10-/m0/s1. The highest BCUT2D eigenvalue weighted by atomic mass is 32.2. The van der Waals surface area contributed by atoms with Crippen molar-refractivity contribution in [1.82, 2.24) is 0 Å². The molecule has 0 N–H and O–H groups in total. The second kappa shape index (κ2) is 3.31. The van der Waals surface area contributed by atoms with Crippen LogP contribution in [0.4, 0.5) is 0 Å². The van der Waals surface area contributed by atoms with Gasteiger partial charge in [-0.3, -0.25) is 4.99 Å². The molecular formula is C10H11NS. The van der Waals surface area contributed by atoms with E-state index in [9.17, 15) is 0 Å². The van der Waals surface area contributed by atoms with E-state index in [1.807, 2.05) is 18.0 Å². The molecule has 1 nitrogen and oxygen atoms in total. The van der Waals surface area contributed by atoms with Crippen LogP contribution in [0.5, 0.6) is 0 Å². The van der Waals surface area contributed by atoms with E-state index in [1.54, 1.807) is 0 Å². The van der Waals surface area contributed by atoms with Crippen molar-refractivity contribution in [2.24, 2.45) is 4.99 Å². The first kappa shape index (κ1) is 7.87. The van der Waals surface area contributed by atoms with Gasteiger partial charge in [-0.15, -0.1) is 11.8 Å². The van der Waals surface area contributed by atoms with Crippen LogP contribution >= 0.6 is 11.8 Å². The molecule has 1 aliphatic heterocycles. The maximum Gasteiger partial charge on any atom is 0.120 e. The lowest BCUT2D eigenvalue weighted by molar-refractivity contribution is 1.05. The van der Waals surface area contributed by atoms with Gasteiger partial charge in [0, 0.05) is 12.0 Å². The Morgan fingerprint density at radius 3 is 3.08 bits per heavy atom. The topological polar surface area (TPSA) is 12.4 Å². The van der Waals surface area contributed by atoms with E-state index in [1.165, 1.54) is 11.1 Å². The molecule has 1 aromatic rings. The van der Waals surface area contributed by atoms with E-state index in [4.69, 9.17) is 0 Å². The summed E-state index contributed by atoms with van der Waals surface area (Å²) in [6, 6.07) is 8.57. The molecule has 1 heterocycles. The summed E-state index contributed by atoms with van der Waals surface area (Å²) < 4.78 is 0. The highest BCUT2D eigenvalue weighted by Crippen LogP contribution is 2.33. The van der Waals surface area contributed by atoms with Gasteiger partial charge >= 0.3 is 0 Å². The monoisotopic (exact) mass is 177 g/mol. The molecule has 0 fully saturated rings. The van der Waals surface area contributed by atoms with Crippen LogP contribution in [0.1, 0.15) is 16.5 Å². The lowest BCUT2D eigenvalue weighted by Gasteiger charge is -2.06. The van der Waals surface area contributed by atoms with E-state index in [2.05, 4.69) is 36.2 Å². The van der Waals surface area contributed by atoms with Gasteiger partial charge in [-0.2, -0.15) is 0 Å². The number of hydrogen-bond acceptors (Lipinski definition) is 2. The fourth-order valence-electron chi connectivity index (χ4n) is 1.32. The van der Waals surface area contributed by atoms with Crippen LogP contribution in [0.3, 0.4) is 0 Å². The number of aryl methyl sites for hydroxylation is 1. The molecule has 12 heavy (non-hydrogen) atoms. The Labute approximate surface area is 76.9 Å². The van der Waals surface area contributed by atoms with E-state index < -0.39 is 0 Å². The molecule has 1 aromatic carbocycles. The van der Waals surface area contributed by atoms with Crippen LogP contribution in [-0.4, -0.2) is 12.0 Å². The average Bonchev–Trinajstić information content (AvgIpc) is 2.56. The molecule has 1 atom stereocenters. The smallest absolute Gasteiger partial charge is 0.120 e. The van der Waals surface area contributed by atoms with Crippen molar-refractivity contribution in [2.75, 3.05) is 5.75 Å². The molecule has 1 aliphatic rings. The quantitative estimate of drug-likeness (QED) is 0.642. The highest BCUT2D eigenvalue weighted by Gasteiger charge is 2.12. The lowest BCUT2D eigenvalue weighted by Crippen LogP contribution is -1.86. The van der Waals surface area contributed by atoms with Crippen LogP contribution in [0.15, 0.2) is 29.3 Å². The van der Waals surface area contributed by atoms with Crippen LogP contribution < -0.4 is 0 Å². The minimum atomic E-state index is 0.352. The summed E-state index contributed by atoms with van der Waals surface area (Å²) in [6.07, 6.45) is 2.00. The Morgan fingerprint density at radius 2 is 2.42 bits per heavy atom. The second-order valence-corrected chi connectivity index (χ2v) is 4.04. The maximum absolute atomic E-state index is 4.38. The number of rotatable bonds is 1. The summed E-state index contributed by atoms with van der Waals surface area (Å²) in [5.74, 6) is 1.05. The molecule has 0 unspecified atom stereocenters. The van der Waals surface area contributed by atoms with Crippen molar-refractivity contribution >= 4 is 18.0 Å². The summed E-state index contributed by atoms with van der Waals surface area (Å²) in [5, 5.41) is 0.352. The lowest BCUT2D eigenvalue weighted by atomic mass is 10.1. The van der Waals surface area contributed by atoms with Gasteiger partial charge in [0.2, 0.25) is 0 Å². The zero-order chi connectivity index (χ0) is 8.39. The zero-order valence-corrected chi connectivity index (χ0v) is 7.84. The molecule has 0 aromatic heterocycles. The van der Waals surface area contributed by atoms with E-state index in [0.29, 0.717) is 5.37 Å². The van der Waals surface area contributed by atoms with Gasteiger partial charge in [-0.1, -0.05) is 29.8 Å². The Balaban J connectivity index is 2.27. The highest BCUT2D eigenvalue weighted by molar-refractivity contribution is 8.00. The zero-order valence-electron chi connectivity index (χ0n) is 7.03. The van der Waals surface area contributed by atoms with Gasteiger partial charge in [0.05, 0.1) is 0 Å². The largest absolute Gasteiger partial charge is 0.278 e. The van der Waals surface area contributed by atoms with Crippen molar-refractivity contribution in [3.8, 4) is 0 Å². The molecule has 2 rings (SSSR count). The van der Waals surface area contributed by atoms with Crippen LogP contribution in [0.2, 0.25) is 0 Å². The summed E-state index contributed by atoms with van der Waals surface area (Å²) in [4.78, 5) is 4.38. The minimum Gasteiger partial charge on any atom is -0.278 e. The predicted molar refractivity (Wildman–Crippen MR) is 54.9 cm³/mol. The van der Waals surface area contributed by atoms with E-state index >= 15 is 0 Å². The molecule has 62 valence electrons. The Bertz CT molecular complexity index is 306. The molecular weight excluding hydrogens is 166 g/mol. The van der Waals surface area contributed by atoms with Gasteiger partial charge in [-0.05, 0) is 12.5 Å². The Kier molecular flexibility index (Phi) is 2.17. The van der Waals surface area contributed by atoms with Crippen molar-refractivity contribution in [2.45, 2.75) is 12.3 Å². The third kappa shape index (κ3) is 1.53.